The molecular weight excluding hydrogens is 189 g/mol. The lowest BCUT2D eigenvalue weighted by molar-refractivity contribution is -0.143. The number of carbonyl (C=O) groups is 2. The monoisotopic (exact) mass is 203 g/mol. The lowest BCUT2D eigenvalue weighted by atomic mass is 9.86. The van der Waals surface area contributed by atoms with Crippen molar-refractivity contribution in [3.8, 4) is 0 Å². The summed E-state index contributed by atoms with van der Waals surface area (Å²) < 4.78 is 18.1. The summed E-state index contributed by atoms with van der Waals surface area (Å²) in [6, 6.07) is 0. The molecule has 0 aromatic carbocycles. The maximum absolute atomic E-state index is 13.7. The maximum atomic E-state index is 13.7. The van der Waals surface area contributed by atoms with Crippen molar-refractivity contribution in [2.45, 2.75) is 19.5 Å². The summed E-state index contributed by atoms with van der Waals surface area (Å²) in [6.45, 7) is 2.92. The van der Waals surface area contributed by atoms with Crippen molar-refractivity contribution in [2.24, 2.45) is 5.92 Å². The highest BCUT2D eigenvalue weighted by molar-refractivity contribution is 5.92. The molecule has 1 amide bonds. The molecule has 1 rings (SSSR count). The van der Waals surface area contributed by atoms with Crippen LogP contribution < -0.4 is 0 Å². The summed E-state index contributed by atoms with van der Waals surface area (Å²) in [5.41, 5.74) is -1.86. The highest BCUT2D eigenvalue weighted by atomic mass is 19.1. The summed E-state index contributed by atoms with van der Waals surface area (Å²) in [6.07, 6.45) is -0.588. The van der Waals surface area contributed by atoms with Crippen LogP contribution in [0.15, 0.2) is 0 Å². The topological polar surface area (TPSA) is 46.6 Å². The van der Waals surface area contributed by atoms with E-state index in [4.69, 9.17) is 0 Å². The van der Waals surface area contributed by atoms with Crippen LogP contribution in [0.1, 0.15) is 13.8 Å². The summed E-state index contributed by atoms with van der Waals surface area (Å²) in [5.74, 6) is -0.794. The second kappa shape index (κ2) is 3.55. The van der Waals surface area contributed by atoms with Gasteiger partial charge >= 0.3 is 6.09 Å². The van der Waals surface area contributed by atoms with E-state index >= 15 is 0 Å². The molecule has 80 valence electrons. The molecule has 0 radical (unpaired) electrons. The van der Waals surface area contributed by atoms with Crippen LogP contribution in [0.3, 0.4) is 0 Å². The summed E-state index contributed by atoms with van der Waals surface area (Å²) in [4.78, 5) is 23.4. The Hall–Kier alpha value is -1.13. The Balaban J connectivity index is 2.53. The van der Waals surface area contributed by atoms with Gasteiger partial charge in [0.2, 0.25) is 5.67 Å². The highest BCUT2D eigenvalue weighted by Gasteiger charge is 2.52. The van der Waals surface area contributed by atoms with E-state index in [1.54, 1.807) is 13.8 Å². The Morgan fingerprint density at radius 2 is 1.93 bits per heavy atom. The third kappa shape index (κ3) is 1.71. The van der Waals surface area contributed by atoms with Gasteiger partial charge in [-0.15, -0.1) is 0 Å². The molecule has 1 saturated heterocycles. The van der Waals surface area contributed by atoms with Crippen molar-refractivity contribution in [3.63, 3.8) is 0 Å². The van der Waals surface area contributed by atoms with Crippen LogP contribution in [0.2, 0.25) is 0 Å². The number of amides is 1. The van der Waals surface area contributed by atoms with Gasteiger partial charge in [0.25, 0.3) is 0 Å². The van der Waals surface area contributed by atoms with Crippen LogP contribution in [0, 0.1) is 5.92 Å². The first-order valence-corrected chi connectivity index (χ1v) is 4.47. The number of carbonyl (C=O) groups excluding carboxylic acids is 2. The molecular formula is C9H14FNO3. The molecule has 0 saturated carbocycles. The molecule has 0 aromatic heterocycles. The minimum Gasteiger partial charge on any atom is -0.453 e. The van der Waals surface area contributed by atoms with E-state index in [0.717, 1.165) is 0 Å². The Kier molecular flexibility index (Phi) is 2.78. The molecule has 0 atom stereocenters. The maximum Gasteiger partial charge on any atom is 0.409 e. The zero-order valence-electron chi connectivity index (χ0n) is 8.54. The summed E-state index contributed by atoms with van der Waals surface area (Å²) >= 11 is 0. The van der Waals surface area contributed by atoms with Crippen molar-refractivity contribution in [1.82, 2.24) is 4.90 Å². The molecule has 5 heteroatoms. The highest BCUT2D eigenvalue weighted by Crippen LogP contribution is 2.29. The van der Waals surface area contributed by atoms with Gasteiger partial charge in [-0.05, 0) is 0 Å². The first-order valence-electron chi connectivity index (χ1n) is 4.47. The van der Waals surface area contributed by atoms with Gasteiger partial charge in [0, 0.05) is 5.92 Å². The zero-order chi connectivity index (χ0) is 10.9. The van der Waals surface area contributed by atoms with Crippen LogP contribution in [0.25, 0.3) is 0 Å². The molecule has 14 heavy (non-hydrogen) atoms. The van der Waals surface area contributed by atoms with E-state index < -0.39 is 17.5 Å². The number of Topliss-reactive ketones (excluding diaryl/α,β-unsaturated/α-hetero) is 1. The molecule has 0 bridgehead atoms. The molecule has 0 N–H and O–H groups in total. The van der Waals surface area contributed by atoms with Crippen LogP contribution in [-0.2, 0) is 9.53 Å². The van der Waals surface area contributed by atoms with Crippen molar-refractivity contribution in [2.75, 3.05) is 20.2 Å². The number of ether oxygens (including phenoxy) is 1. The normalized spacial score (nSPS) is 19.1. The number of methoxy groups -OCH3 is 1. The van der Waals surface area contributed by atoms with Crippen molar-refractivity contribution >= 4 is 11.9 Å². The number of rotatable bonds is 2. The number of hydrogen-bond acceptors (Lipinski definition) is 3. The molecule has 1 heterocycles. The predicted molar refractivity (Wildman–Crippen MR) is 47.7 cm³/mol. The van der Waals surface area contributed by atoms with Crippen molar-refractivity contribution in [3.05, 3.63) is 0 Å². The average molecular weight is 203 g/mol. The van der Waals surface area contributed by atoms with Gasteiger partial charge < -0.3 is 9.64 Å². The molecule has 1 aliphatic rings. The van der Waals surface area contributed by atoms with Crippen molar-refractivity contribution < 1.29 is 18.7 Å². The van der Waals surface area contributed by atoms with E-state index in [9.17, 15) is 14.0 Å². The summed E-state index contributed by atoms with van der Waals surface area (Å²) in [7, 11) is 1.23. The van der Waals surface area contributed by atoms with Crippen LogP contribution in [-0.4, -0.2) is 42.6 Å². The predicted octanol–water partition coefficient (Wildman–Crippen LogP) is 1.00. The molecule has 4 nitrogen and oxygen atoms in total. The van der Waals surface area contributed by atoms with Gasteiger partial charge in [-0.3, -0.25) is 4.79 Å². The Labute approximate surface area is 82.0 Å². The van der Waals surface area contributed by atoms with Gasteiger partial charge in [-0.25, -0.2) is 9.18 Å². The molecule has 0 aliphatic carbocycles. The lowest BCUT2D eigenvalue weighted by Crippen LogP contribution is -2.65. The Bertz CT molecular complexity index is 259. The SMILES string of the molecule is COC(=O)N1CC(F)(C(=O)C(C)C)C1. The van der Waals surface area contributed by atoms with Gasteiger partial charge in [0.1, 0.15) is 0 Å². The fraction of sp³-hybridized carbons (Fsp3) is 0.778. The Morgan fingerprint density at radius 3 is 2.29 bits per heavy atom. The van der Waals surface area contributed by atoms with E-state index in [1.165, 1.54) is 12.0 Å². The third-order valence-electron chi connectivity index (χ3n) is 2.28. The van der Waals surface area contributed by atoms with Crippen LogP contribution >= 0.6 is 0 Å². The van der Waals surface area contributed by atoms with Crippen LogP contribution in [0.4, 0.5) is 9.18 Å². The van der Waals surface area contributed by atoms with Gasteiger partial charge in [-0.1, -0.05) is 13.8 Å². The van der Waals surface area contributed by atoms with E-state index in [2.05, 4.69) is 4.74 Å². The number of alkyl halides is 1. The fourth-order valence-corrected chi connectivity index (χ4v) is 1.49. The number of nitrogens with zero attached hydrogens (tertiary/aromatic N) is 1. The zero-order valence-corrected chi connectivity index (χ0v) is 8.54. The lowest BCUT2D eigenvalue weighted by Gasteiger charge is -2.42. The first-order chi connectivity index (χ1) is 6.40. The molecule has 0 spiro atoms. The van der Waals surface area contributed by atoms with E-state index in [0.29, 0.717) is 0 Å². The molecule has 0 aromatic rings. The van der Waals surface area contributed by atoms with E-state index in [-0.39, 0.29) is 19.0 Å². The van der Waals surface area contributed by atoms with Crippen molar-refractivity contribution in [1.29, 1.82) is 0 Å². The second-order valence-electron chi connectivity index (χ2n) is 3.81. The number of hydrogen-bond donors (Lipinski definition) is 0. The third-order valence-corrected chi connectivity index (χ3v) is 2.28. The average Bonchev–Trinajstić information content (AvgIpc) is 2.10. The Morgan fingerprint density at radius 1 is 1.43 bits per heavy atom. The minimum absolute atomic E-state index is 0.184. The van der Waals surface area contributed by atoms with Crippen LogP contribution in [0.5, 0.6) is 0 Å². The standard InChI is InChI=1S/C9H14FNO3/c1-6(2)7(12)9(10)4-11(5-9)8(13)14-3/h6H,4-5H2,1-3H3. The van der Waals surface area contributed by atoms with Gasteiger partial charge in [0.15, 0.2) is 5.78 Å². The second-order valence-corrected chi connectivity index (χ2v) is 3.81. The molecule has 1 fully saturated rings. The first kappa shape index (κ1) is 10.9. The molecule has 1 aliphatic heterocycles. The largest absolute Gasteiger partial charge is 0.453 e. The number of ketones is 1. The summed E-state index contributed by atoms with van der Waals surface area (Å²) in [5, 5.41) is 0. The fourth-order valence-electron chi connectivity index (χ4n) is 1.49. The smallest absolute Gasteiger partial charge is 0.409 e. The number of halogens is 1. The van der Waals surface area contributed by atoms with E-state index in [1.807, 2.05) is 0 Å². The quantitative estimate of drug-likeness (QED) is 0.672. The van der Waals surface area contributed by atoms with Gasteiger partial charge in [0.05, 0.1) is 20.2 Å². The minimum atomic E-state index is -1.86. The number of likely N-dealkylation sites (tertiary alicyclic amines) is 1. The van der Waals surface area contributed by atoms with Gasteiger partial charge in [-0.2, -0.15) is 0 Å². The molecule has 0 unspecified atom stereocenters.